The number of ether oxygens (including phenoxy) is 1. The van der Waals surface area contributed by atoms with Crippen molar-refractivity contribution < 1.29 is 13.5 Å². The number of methoxy groups -OCH3 is 1. The Morgan fingerprint density at radius 2 is 1.93 bits per heavy atom. The SMILES string of the molecule is COc1cc(-c2ncc(F)c(N3CCNCC3)n2)nn1Cc1ccccc1F. The molecule has 1 fully saturated rings. The molecule has 9 heteroatoms. The summed E-state index contributed by atoms with van der Waals surface area (Å²) in [6.07, 6.45) is 1.15. The molecular formula is C19H20F2N6O. The van der Waals surface area contributed by atoms with Gasteiger partial charge in [-0.3, -0.25) is 0 Å². The molecule has 0 bridgehead atoms. The number of rotatable bonds is 5. The predicted octanol–water partition coefficient (Wildman–Crippen LogP) is 2.08. The summed E-state index contributed by atoms with van der Waals surface area (Å²) in [6, 6.07) is 8.14. The molecule has 1 N–H and O–H groups in total. The topological polar surface area (TPSA) is 68.1 Å². The van der Waals surface area contributed by atoms with Crippen LogP contribution in [-0.2, 0) is 6.54 Å². The highest BCUT2D eigenvalue weighted by molar-refractivity contribution is 5.55. The lowest BCUT2D eigenvalue weighted by atomic mass is 10.2. The molecule has 0 atom stereocenters. The van der Waals surface area contributed by atoms with E-state index in [2.05, 4.69) is 20.4 Å². The van der Waals surface area contributed by atoms with Crippen LogP contribution in [0.3, 0.4) is 0 Å². The van der Waals surface area contributed by atoms with Gasteiger partial charge in [-0.05, 0) is 6.07 Å². The summed E-state index contributed by atoms with van der Waals surface area (Å²) in [4.78, 5) is 10.3. The zero-order chi connectivity index (χ0) is 19.5. The molecule has 1 aromatic carbocycles. The molecule has 146 valence electrons. The van der Waals surface area contributed by atoms with Gasteiger partial charge in [0.2, 0.25) is 5.88 Å². The molecule has 0 aliphatic carbocycles. The van der Waals surface area contributed by atoms with Crippen molar-refractivity contribution >= 4 is 5.82 Å². The Morgan fingerprint density at radius 1 is 1.14 bits per heavy atom. The fourth-order valence-corrected chi connectivity index (χ4v) is 3.15. The summed E-state index contributed by atoms with van der Waals surface area (Å²) in [5, 5.41) is 7.68. The lowest BCUT2D eigenvalue weighted by Crippen LogP contribution is -2.44. The highest BCUT2D eigenvalue weighted by atomic mass is 19.1. The van der Waals surface area contributed by atoms with Crippen molar-refractivity contribution in [3.05, 3.63) is 53.7 Å². The van der Waals surface area contributed by atoms with Gasteiger partial charge < -0.3 is 15.0 Å². The third-order valence-corrected chi connectivity index (χ3v) is 4.60. The lowest BCUT2D eigenvalue weighted by Gasteiger charge is -2.28. The van der Waals surface area contributed by atoms with Gasteiger partial charge in [0.1, 0.15) is 11.5 Å². The molecule has 0 unspecified atom stereocenters. The highest BCUT2D eigenvalue weighted by Crippen LogP contribution is 2.25. The number of hydrogen-bond acceptors (Lipinski definition) is 6. The predicted molar refractivity (Wildman–Crippen MR) is 100 cm³/mol. The molecule has 2 aromatic heterocycles. The van der Waals surface area contributed by atoms with Crippen LogP contribution >= 0.6 is 0 Å². The van der Waals surface area contributed by atoms with E-state index in [0.717, 1.165) is 19.3 Å². The molecule has 1 aliphatic heterocycles. The van der Waals surface area contributed by atoms with E-state index < -0.39 is 5.82 Å². The first-order chi connectivity index (χ1) is 13.7. The van der Waals surface area contributed by atoms with E-state index in [1.807, 2.05) is 4.90 Å². The minimum Gasteiger partial charge on any atom is -0.481 e. The molecule has 1 saturated heterocycles. The Hall–Kier alpha value is -3.07. The largest absolute Gasteiger partial charge is 0.481 e. The Kier molecular flexibility index (Phi) is 5.16. The van der Waals surface area contributed by atoms with Gasteiger partial charge in [0.05, 0.1) is 19.9 Å². The van der Waals surface area contributed by atoms with Gasteiger partial charge in [-0.15, -0.1) is 0 Å². The number of piperazine rings is 1. The maximum atomic E-state index is 14.3. The quantitative estimate of drug-likeness (QED) is 0.724. The Labute approximate surface area is 161 Å². The molecular weight excluding hydrogens is 366 g/mol. The monoisotopic (exact) mass is 386 g/mol. The normalized spacial score (nSPS) is 14.3. The maximum absolute atomic E-state index is 14.3. The van der Waals surface area contributed by atoms with Crippen molar-refractivity contribution in [1.82, 2.24) is 25.1 Å². The molecule has 3 heterocycles. The lowest BCUT2D eigenvalue weighted by molar-refractivity contribution is 0.365. The van der Waals surface area contributed by atoms with Crippen LogP contribution in [0.1, 0.15) is 5.56 Å². The number of benzene rings is 1. The third kappa shape index (κ3) is 3.65. The van der Waals surface area contributed by atoms with Gasteiger partial charge in [-0.1, -0.05) is 18.2 Å². The molecule has 0 radical (unpaired) electrons. The zero-order valence-corrected chi connectivity index (χ0v) is 15.4. The van der Waals surface area contributed by atoms with Crippen molar-refractivity contribution in [3.63, 3.8) is 0 Å². The van der Waals surface area contributed by atoms with Gasteiger partial charge >= 0.3 is 0 Å². The second kappa shape index (κ2) is 7.89. The van der Waals surface area contributed by atoms with E-state index in [4.69, 9.17) is 4.74 Å². The molecule has 7 nitrogen and oxygen atoms in total. The number of anilines is 1. The molecule has 3 aromatic rings. The Morgan fingerprint density at radius 3 is 2.68 bits per heavy atom. The van der Waals surface area contributed by atoms with E-state index in [1.165, 1.54) is 17.9 Å². The molecule has 1 aliphatic rings. The van der Waals surface area contributed by atoms with Crippen LogP contribution in [0, 0.1) is 11.6 Å². The van der Waals surface area contributed by atoms with Crippen LogP contribution in [0.4, 0.5) is 14.6 Å². The Bertz CT molecular complexity index is 971. The number of nitrogens with zero attached hydrogens (tertiary/aromatic N) is 5. The van der Waals surface area contributed by atoms with Crippen molar-refractivity contribution in [2.75, 3.05) is 38.2 Å². The van der Waals surface area contributed by atoms with Gasteiger partial charge in [-0.2, -0.15) is 5.10 Å². The van der Waals surface area contributed by atoms with Gasteiger partial charge in [-0.25, -0.2) is 23.4 Å². The number of hydrogen-bond donors (Lipinski definition) is 1. The maximum Gasteiger partial charge on any atom is 0.212 e. The van der Waals surface area contributed by atoms with Gasteiger partial charge in [0.25, 0.3) is 0 Å². The van der Waals surface area contributed by atoms with Crippen molar-refractivity contribution in [2.45, 2.75) is 6.54 Å². The standard InChI is InChI=1S/C19H20F2N6O/c1-28-17-10-16(25-27(17)12-13-4-2-3-5-14(13)20)18-23-11-15(21)19(24-18)26-8-6-22-7-9-26/h2-5,10-11,22H,6-9,12H2,1H3. The fourth-order valence-electron chi connectivity index (χ4n) is 3.15. The van der Waals surface area contributed by atoms with E-state index in [1.54, 1.807) is 24.3 Å². The van der Waals surface area contributed by atoms with Crippen LogP contribution in [0.25, 0.3) is 11.5 Å². The van der Waals surface area contributed by atoms with Crippen molar-refractivity contribution in [1.29, 1.82) is 0 Å². The minimum absolute atomic E-state index is 0.196. The van der Waals surface area contributed by atoms with E-state index in [0.29, 0.717) is 36.1 Å². The second-order valence-electron chi connectivity index (χ2n) is 6.42. The van der Waals surface area contributed by atoms with Gasteiger partial charge in [0, 0.05) is 37.8 Å². The molecule has 0 saturated carbocycles. The summed E-state index contributed by atoms with van der Waals surface area (Å²) in [5.74, 6) is 0.202. The first-order valence-corrected chi connectivity index (χ1v) is 8.99. The van der Waals surface area contributed by atoms with Crippen molar-refractivity contribution in [2.24, 2.45) is 0 Å². The summed E-state index contributed by atoms with van der Waals surface area (Å²) in [6.45, 7) is 3.06. The number of nitrogens with one attached hydrogen (secondary N) is 1. The number of halogens is 2. The second-order valence-corrected chi connectivity index (χ2v) is 6.42. The van der Waals surface area contributed by atoms with Crippen LogP contribution < -0.4 is 15.0 Å². The Balaban J connectivity index is 1.66. The first kappa shape index (κ1) is 18.3. The van der Waals surface area contributed by atoms with Crippen LogP contribution in [0.5, 0.6) is 5.88 Å². The van der Waals surface area contributed by atoms with Crippen LogP contribution in [0.15, 0.2) is 36.5 Å². The fraction of sp³-hybridized carbons (Fsp3) is 0.316. The first-order valence-electron chi connectivity index (χ1n) is 8.99. The number of aromatic nitrogens is 4. The average molecular weight is 386 g/mol. The zero-order valence-electron chi connectivity index (χ0n) is 15.4. The summed E-state index contributed by atoms with van der Waals surface area (Å²) in [7, 11) is 1.51. The summed E-state index contributed by atoms with van der Waals surface area (Å²) >= 11 is 0. The smallest absolute Gasteiger partial charge is 0.212 e. The summed E-state index contributed by atoms with van der Waals surface area (Å²) in [5.41, 5.74) is 0.918. The molecule has 28 heavy (non-hydrogen) atoms. The third-order valence-electron chi connectivity index (χ3n) is 4.60. The highest BCUT2D eigenvalue weighted by Gasteiger charge is 2.20. The van der Waals surface area contributed by atoms with E-state index in [-0.39, 0.29) is 18.2 Å². The van der Waals surface area contributed by atoms with Gasteiger partial charge in [0.15, 0.2) is 17.5 Å². The van der Waals surface area contributed by atoms with Crippen LogP contribution in [0.2, 0.25) is 0 Å². The molecule has 4 rings (SSSR count). The average Bonchev–Trinajstić information content (AvgIpc) is 3.13. The molecule has 0 spiro atoms. The van der Waals surface area contributed by atoms with Crippen LogP contribution in [-0.4, -0.2) is 53.0 Å². The minimum atomic E-state index is -0.469. The van der Waals surface area contributed by atoms with E-state index in [9.17, 15) is 8.78 Å². The van der Waals surface area contributed by atoms with Crippen molar-refractivity contribution in [3.8, 4) is 17.4 Å². The summed E-state index contributed by atoms with van der Waals surface area (Å²) < 4.78 is 35.2. The van der Waals surface area contributed by atoms with E-state index >= 15 is 0 Å². The molecule has 0 amide bonds.